The summed E-state index contributed by atoms with van der Waals surface area (Å²) in [5, 5.41) is 2.80. The van der Waals surface area contributed by atoms with Crippen molar-refractivity contribution >= 4 is 28.9 Å². The molecule has 2 aromatic rings. The lowest BCUT2D eigenvalue weighted by Crippen LogP contribution is -2.05. The van der Waals surface area contributed by atoms with Crippen LogP contribution in [0, 0.1) is 6.92 Å². The van der Waals surface area contributed by atoms with Crippen LogP contribution in [0.1, 0.15) is 10.6 Å². The minimum absolute atomic E-state index is 0.230. The van der Waals surface area contributed by atoms with E-state index in [2.05, 4.69) is 24.0 Å². The normalized spacial score (nSPS) is 10.4. The van der Waals surface area contributed by atoms with E-state index in [4.69, 9.17) is 0 Å². The zero-order valence-corrected chi connectivity index (χ0v) is 11.2. The lowest BCUT2D eigenvalue weighted by Gasteiger charge is -2.03. The summed E-state index contributed by atoms with van der Waals surface area (Å²) in [5.41, 5.74) is 1.22. The molecule has 17 heavy (non-hydrogen) atoms. The fourth-order valence-electron chi connectivity index (χ4n) is 1.44. The third kappa shape index (κ3) is 3.68. The number of hydrogen-bond donors (Lipinski definition) is 0. The van der Waals surface area contributed by atoms with Crippen molar-refractivity contribution in [1.82, 2.24) is 4.98 Å². The second-order valence-electron chi connectivity index (χ2n) is 3.70. The number of aryl methyl sites for hydroxylation is 1. The van der Waals surface area contributed by atoms with Crippen LogP contribution >= 0.6 is 23.1 Å². The molecule has 0 aliphatic heterocycles. The lowest BCUT2D eigenvalue weighted by molar-refractivity contribution is -0.116. The van der Waals surface area contributed by atoms with Gasteiger partial charge in [0.15, 0.2) is 0 Å². The molecule has 0 aliphatic rings. The van der Waals surface area contributed by atoms with Gasteiger partial charge in [0, 0.05) is 16.5 Å². The van der Waals surface area contributed by atoms with E-state index < -0.39 is 0 Å². The van der Waals surface area contributed by atoms with Gasteiger partial charge in [0.25, 0.3) is 0 Å². The Morgan fingerprint density at radius 3 is 2.94 bits per heavy atom. The SMILES string of the molecule is Cc1ccccc1SCC(=O)Cc1nccs1. The number of hydrogen-bond acceptors (Lipinski definition) is 4. The van der Waals surface area contributed by atoms with Gasteiger partial charge in [-0.15, -0.1) is 23.1 Å². The summed E-state index contributed by atoms with van der Waals surface area (Å²) in [4.78, 5) is 17.0. The predicted molar refractivity (Wildman–Crippen MR) is 72.7 cm³/mol. The molecule has 0 unspecified atom stereocenters. The van der Waals surface area contributed by atoms with E-state index in [0.29, 0.717) is 12.2 Å². The van der Waals surface area contributed by atoms with Gasteiger partial charge in [-0.3, -0.25) is 4.79 Å². The molecule has 1 heterocycles. The Hall–Kier alpha value is -1.13. The summed E-state index contributed by atoms with van der Waals surface area (Å²) in [6, 6.07) is 8.13. The Kier molecular flexibility index (Phi) is 4.34. The minimum atomic E-state index is 0.230. The van der Waals surface area contributed by atoms with E-state index in [1.165, 1.54) is 21.8 Å². The third-order valence-electron chi connectivity index (χ3n) is 2.31. The molecular weight excluding hydrogens is 250 g/mol. The van der Waals surface area contributed by atoms with Gasteiger partial charge in [0.1, 0.15) is 5.78 Å². The van der Waals surface area contributed by atoms with E-state index in [-0.39, 0.29) is 5.78 Å². The van der Waals surface area contributed by atoms with Crippen molar-refractivity contribution in [2.75, 3.05) is 5.75 Å². The van der Waals surface area contributed by atoms with Crippen molar-refractivity contribution in [3.63, 3.8) is 0 Å². The molecule has 0 aliphatic carbocycles. The van der Waals surface area contributed by atoms with Crippen LogP contribution in [0.25, 0.3) is 0 Å². The zero-order chi connectivity index (χ0) is 12.1. The molecule has 0 radical (unpaired) electrons. The van der Waals surface area contributed by atoms with E-state index in [1.807, 2.05) is 17.5 Å². The molecule has 0 atom stereocenters. The topological polar surface area (TPSA) is 30.0 Å². The average molecular weight is 263 g/mol. The molecule has 88 valence electrons. The Balaban J connectivity index is 1.86. The Morgan fingerprint density at radius 2 is 2.24 bits per heavy atom. The summed E-state index contributed by atoms with van der Waals surface area (Å²) in [5.74, 6) is 0.748. The highest BCUT2D eigenvalue weighted by atomic mass is 32.2. The molecule has 0 bridgehead atoms. The van der Waals surface area contributed by atoms with Crippen LogP contribution in [-0.4, -0.2) is 16.5 Å². The van der Waals surface area contributed by atoms with Crippen molar-refractivity contribution in [3.05, 3.63) is 46.4 Å². The summed E-state index contributed by atoms with van der Waals surface area (Å²) >= 11 is 3.14. The van der Waals surface area contributed by atoms with Crippen molar-refractivity contribution in [3.8, 4) is 0 Å². The van der Waals surface area contributed by atoms with Gasteiger partial charge in [-0.2, -0.15) is 0 Å². The van der Waals surface area contributed by atoms with Crippen molar-refractivity contribution in [2.24, 2.45) is 0 Å². The number of carbonyl (C=O) groups is 1. The van der Waals surface area contributed by atoms with Crippen LogP contribution in [0.2, 0.25) is 0 Å². The molecule has 0 spiro atoms. The monoisotopic (exact) mass is 263 g/mol. The van der Waals surface area contributed by atoms with Gasteiger partial charge in [-0.25, -0.2) is 4.98 Å². The summed E-state index contributed by atoms with van der Waals surface area (Å²) in [6.45, 7) is 2.06. The Labute approximate surface area is 109 Å². The molecule has 1 aromatic carbocycles. The first-order chi connectivity index (χ1) is 8.25. The van der Waals surface area contributed by atoms with E-state index in [9.17, 15) is 4.79 Å². The standard InChI is InChI=1S/C13H13NOS2/c1-10-4-2-3-5-12(10)17-9-11(15)8-13-14-6-7-16-13/h2-7H,8-9H2,1H3. The van der Waals surface area contributed by atoms with Crippen molar-refractivity contribution in [2.45, 2.75) is 18.2 Å². The van der Waals surface area contributed by atoms with Crippen LogP contribution in [0.3, 0.4) is 0 Å². The Bertz CT molecular complexity index is 494. The number of rotatable bonds is 5. The van der Waals surface area contributed by atoms with Crippen LogP contribution in [0.5, 0.6) is 0 Å². The van der Waals surface area contributed by atoms with E-state index in [1.54, 1.807) is 18.0 Å². The van der Waals surface area contributed by atoms with Gasteiger partial charge >= 0.3 is 0 Å². The first kappa shape index (κ1) is 12.3. The van der Waals surface area contributed by atoms with Crippen molar-refractivity contribution < 1.29 is 4.79 Å². The van der Waals surface area contributed by atoms with Crippen molar-refractivity contribution in [1.29, 1.82) is 0 Å². The number of nitrogens with zero attached hydrogens (tertiary/aromatic N) is 1. The maximum atomic E-state index is 11.7. The Morgan fingerprint density at radius 1 is 1.41 bits per heavy atom. The molecule has 0 amide bonds. The van der Waals surface area contributed by atoms with Crippen LogP contribution in [-0.2, 0) is 11.2 Å². The first-order valence-corrected chi connectivity index (χ1v) is 7.21. The number of benzene rings is 1. The predicted octanol–water partition coefficient (Wildman–Crippen LogP) is 3.36. The van der Waals surface area contributed by atoms with Gasteiger partial charge in [0.2, 0.25) is 0 Å². The summed E-state index contributed by atoms with van der Waals surface area (Å²) in [7, 11) is 0. The highest BCUT2D eigenvalue weighted by molar-refractivity contribution is 8.00. The molecule has 4 heteroatoms. The van der Waals surface area contributed by atoms with Crippen LogP contribution in [0.15, 0.2) is 40.7 Å². The smallest absolute Gasteiger partial charge is 0.149 e. The maximum Gasteiger partial charge on any atom is 0.149 e. The highest BCUT2D eigenvalue weighted by Crippen LogP contribution is 2.22. The fraction of sp³-hybridized carbons (Fsp3) is 0.231. The second-order valence-corrected chi connectivity index (χ2v) is 5.69. The molecule has 0 saturated heterocycles. The molecule has 0 N–H and O–H groups in total. The maximum absolute atomic E-state index is 11.7. The second kappa shape index (κ2) is 5.98. The zero-order valence-electron chi connectivity index (χ0n) is 9.55. The largest absolute Gasteiger partial charge is 0.298 e. The number of thioether (sulfide) groups is 1. The third-order valence-corrected chi connectivity index (χ3v) is 4.33. The minimum Gasteiger partial charge on any atom is -0.298 e. The lowest BCUT2D eigenvalue weighted by atomic mass is 10.2. The van der Waals surface area contributed by atoms with Gasteiger partial charge in [0.05, 0.1) is 17.2 Å². The molecular formula is C13H13NOS2. The molecule has 0 saturated carbocycles. The first-order valence-electron chi connectivity index (χ1n) is 5.34. The quantitative estimate of drug-likeness (QED) is 0.775. The van der Waals surface area contributed by atoms with Crippen LogP contribution < -0.4 is 0 Å². The number of Topliss-reactive ketones (excluding diaryl/α,β-unsaturated/α-hetero) is 1. The summed E-state index contributed by atoms with van der Waals surface area (Å²) in [6.07, 6.45) is 2.19. The van der Waals surface area contributed by atoms with Gasteiger partial charge < -0.3 is 0 Å². The van der Waals surface area contributed by atoms with Gasteiger partial charge in [-0.1, -0.05) is 18.2 Å². The van der Waals surface area contributed by atoms with Gasteiger partial charge in [-0.05, 0) is 18.6 Å². The fourth-order valence-corrected chi connectivity index (χ4v) is 2.97. The molecule has 0 fully saturated rings. The summed E-state index contributed by atoms with van der Waals surface area (Å²) < 4.78 is 0. The molecule has 1 aromatic heterocycles. The number of carbonyl (C=O) groups excluding carboxylic acids is 1. The highest BCUT2D eigenvalue weighted by Gasteiger charge is 2.07. The number of thiazole rings is 1. The average Bonchev–Trinajstić information content (AvgIpc) is 2.81. The number of aromatic nitrogens is 1. The number of ketones is 1. The molecule has 2 rings (SSSR count). The van der Waals surface area contributed by atoms with E-state index in [0.717, 1.165) is 5.01 Å². The molecule has 2 nitrogen and oxygen atoms in total. The van der Waals surface area contributed by atoms with Crippen LogP contribution in [0.4, 0.5) is 0 Å². The van der Waals surface area contributed by atoms with E-state index >= 15 is 0 Å².